The number of hydrogen-bond acceptors (Lipinski definition) is 6. The molecule has 3 aromatic heterocycles. The van der Waals surface area contributed by atoms with Crippen LogP contribution in [0.4, 0.5) is 5.95 Å². The topological polar surface area (TPSA) is 99.6 Å². The number of carbonyl (C=O) groups excluding carboxylic acids is 1. The Bertz CT molecular complexity index is 1080. The van der Waals surface area contributed by atoms with Crippen molar-refractivity contribution in [3.8, 4) is 11.1 Å². The predicted octanol–water partition coefficient (Wildman–Crippen LogP) is 2.31. The van der Waals surface area contributed by atoms with Crippen LogP contribution in [0.25, 0.3) is 16.6 Å². The van der Waals surface area contributed by atoms with Crippen LogP contribution in [-0.2, 0) is 4.74 Å². The highest BCUT2D eigenvalue weighted by molar-refractivity contribution is 5.90. The second-order valence-electron chi connectivity index (χ2n) is 6.49. The first kappa shape index (κ1) is 16.3. The maximum absolute atomic E-state index is 12.8. The van der Waals surface area contributed by atoms with Crippen LogP contribution in [0.1, 0.15) is 40.2 Å². The van der Waals surface area contributed by atoms with Crippen LogP contribution < -0.4 is 11.3 Å². The van der Waals surface area contributed by atoms with E-state index in [0.29, 0.717) is 5.92 Å². The Balaban J connectivity index is 2.02. The van der Waals surface area contributed by atoms with Crippen LogP contribution in [0.2, 0.25) is 0 Å². The third-order valence-electron chi connectivity index (χ3n) is 4.82. The summed E-state index contributed by atoms with van der Waals surface area (Å²) in [5, 5.41) is 0. The molecule has 7 heteroatoms. The van der Waals surface area contributed by atoms with Crippen LogP contribution in [0.5, 0.6) is 0 Å². The average molecular weight is 350 g/mol. The van der Waals surface area contributed by atoms with Gasteiger partial charge in [0.1, 0.15) is 5.56 Å². The number of esters is 1. The first-order chi connectivity index (χ1) is 12.5. The zero-order valence-electron chi connectivity index (χ0n) is 14.5. The van der Waals surface area contributed by atoms with E-state index in [1.54, 1.807) is 24.7 Å². The lowest BCUT2D eigenvalue weighted by Gasteiger charge is -2.15. The molecule has 0 bridgehead atoms. The minimum Gasteiger partial charge on any atom is -0.465 e. The maximum Gasteiger partial charge on any atom is 0.343 e. The average Bonchev–Trinajstić information content (AvgIpc) is 3.48. The molecule has 1 aliphatic rings. The fraction of sp³-hybridized carbons (Fsp3) is 0.263. The molecular weight excluding hydrogens is 332 g/mol. The Kier molecular flexibility index (Phi) is 3.72. The molecule has 1 saturated carbocycles. The molecule has 0 radical (unpaired) electrons. The molecule has 1 fully saturated rings. The summed E-state index contributed by atoms with van der Waals surface area (Å²) in [4.78, 5) is 32.9. The van der Waals surface area contributed by atoms with E-state index in [1.165, 1.54) is 11.5 Å². The monoisotopic (exact) mass is 350 g/mol. The predicted molar refractivity (Wildman–Crippen MR) is 97.2 cm³/mol. The van der Waals surface area contributed by atoms with Crippen LogP contribution in [0, 0.1) is 6.92 Å². The Morgan fingerprint density at radius 2 is 2.00 bits per heavy atom. The number of aromatic nitrogens is 3. The van der Waals surface area contributed by atoms with Gasteiger partial charge in [0, 0.05) is 24.2 Å². The quantitative estimate of drug-likeness (QED) is 0.728. The summed E-state index contributed by atoms with van der Waals surface area (Å²) < 4.78 is 6.31. The first-order valence-electron chi connectivity index (χ1n) is 8.36. The number of pyridine rings is 2. The Morgan fingerprint density at radius 3 is 2.62 bits per heavy atom. The van der Waals surface area contributed by atoms with Crippen molar-refractivity contribution >= 4 is 17.4 Å². The minimum absolute atomic E-state index is 0.0647. The second-order valence-corrected chi connectivity index (χ2v) is 6.49. The highest BCUT2D eigenvalue weighted by Gasteiger charge is 2.29. The molecule has 2 N–H and O–H groups in total. The van der Waals surface area contributed by atoms with Crippen molar-refractivity contribution in [3.05, 3.63) is 57.8 Å². The van der Waals surface area contributed by atoms with E-state index < -0.39 is 5.97 Å². The molecule has 0 amide bonds. The van der Waals surface area contributed by atoms with E-state index in [4.69, 9.17) is 10.5 Å². The van der Waals surface area contributed by atoms with Gasteiger partial charge in [-0.3, -0.25) is 9.20 Å². The van der Waals surface area contributed by atoms with E-state index in [2.05, 4.69) is 9.97 Å². The van der Waals surface area contributed by atoms with Crippen molar-refractivity contribution in [3.63, 3.8) is 0 Å². The van der Waals surface area contributed by atoms with Crippen LogP contribution in [-0.4, -0.2) is 27.4 Å². The van der Waals surface area contributed by atoms with E-state index in [1.807, 2.05) is 13.0 Å². The largest absolute Gasteiger partial charge is 0.465 e. The third-order valence-corrected chi connectivity index (χ3v) is 4.82. The van der Waals surface area contributed by atoms with Crippen molar-refractivity contribution in [1.82, 2.24) is 14.4 Å². The van der Waals surface area contributed by atoms with E-state index in [0.717, 1.165) is 40.6 Å². The number of nitrogens with zero attached hydrogens (tertiary/aromatic N) is 3. The zero-order valence-corrected chi connectivity index (χ0v) is 14.5. The second kappa shape index (κ2) is 5.94. The number of ether oxygens (including phenoxy) is 1. The molecule has 132 valence electrons. The minimum atomic E-state index is -0.611. The van der Waals surface area contributed by atoms with Gasteiger partial charge in [0.05, 0.1) is 12.6 Å². The Labute approximate surface area is 149 Å². The van der Waals surface area contributed by atoms with Crippen LogP contribution in [0.3, 0.4) is 0 Å². The van der Waals surface area contributed by atoms with Gasteiger partial charge in [-0.05, 0) is 54.5 Å². The lowest BCUT2D eigenvalue weighted by atomic mass is 9.98. The number of rotatable bonds is 3. The summed E-state index contributed by atoms with van der Waals surface area (Å²) in [6.07, 6.45) is 7.11. The summed E-state index contributed by atoms with van der Waals surface area (Å²) in [6, 6.07) is 3.52. The van der Waals surface area contributed by atoms with E-state index in [-0.39, 0.29) is 17.1 Å². The maximum atomic E-state index is 12.8. The summed E-state index contributed by atoms with van der Waals surface area (Å²) in [5.74, 6) is -0.0459. The highest BCUT2D eigenvalue weighted by Crippen LogP contribution is 2.43. The van der Waals surface area contributed by atoms with Crippen LogP contribution >= 0.6 is 0 Å². The fourth-order valence-corrected chi connectivity index (χ4v) is 3.35. The number of hydrogen-bond donors (Lipinski definition) is 1. The van der Waals surface area contributed by atoms with Crippen molar-refractivity contribution in [1.29, 1.82) is 0 Å². The van der Waals surface area contributed by atoms with Crippen LogP contribution in [0.15, 0.2) is 35.5 Å². The number of methoxy groups -OCH3 is 1. The number of aryl methyl sites for hydroxylation is 1. The first-order valence-corrected chi connectivity index (χ1v) is 8.36. The highest BCUT2D eigenvalue weighted by atomic mass is 16.5. The van der Waals surface area contributed by atoms with Gasteiger partial charge < -0.3 is 10.5 Å². The molecular formula is C19H18N4O3. The van der Waals surface area contributed by atoms with Gasteiger partial charge in [-0.15, -0.1) is 0 Å². The normalized spacial score (nSPS) is 13.8. The van der Waals surface area contributed by atoms with Gasteiger partial charge in [-0.1, -0.05) is 0 Å². The molecule has 1 aliphatic carbocycles. The fourth-order valence-electron chi connectivity index (χ4n) is 3.35. The molecule has 26 heavy (non-hydrogen) atoms. The molecule has 0 spiro atoms. The van der Waals surface area contributed by atoms with Crippen molar-refractivity contribution in [2.45, 2.75) is 25.7 Å². The molecule has 0 aromatic carbocycles. The standard InChI is InChI=1S/C19H18N4O3/c1-10-13(12-8-21-19(20)22-9-12)5-6-23-16(10)14(11-3-4-11)7-15(17(23)24)18(25)26-2/h5-9,11H,3-4H2,1-2H3,(H2,20,21,22). The van der Waals surface area contributed by atoms with Gasteiger partial charge in [-0.25, -0.2) is 14.8 Å². The molecule has 0 unspecified atom stereocenters. The molecule has 0 aliphatic heterocycles. The number of anilines is 1. The lowest BCUT2D eigenvalue weighted by Crippen LogP contribution is -2.24. The molecule has 3 heterocycles. The number of fused-ring (bicyclic) bond motifs is 1. The number of carbonyl (C=O) groups is 1. The van der Waals surface area contributed by atoms with Gasteiger partial charge >= 0.3 is 5.97 Å². The number of nitrogen functional groups attached to an aromatic ring is 1. The van der Waals surface area contributed by atoms with Crippen molar-refractivity contribution in [2.75, 3.05) is 12.8 Å². The number of nitrogens with two attached hydrogens (primary N) is 1. The Morgan fingerprint density at radius 1 is 1.31 bits per heavy atom. The van der Waals surface area contributed by atoms with Gasteiger partial charge in [0.15, 0.2) is 0 Å². The summed E-state index contributed by atoms with van der Waals surface area (Å²) in [7, 11) is 1.28. The SMILES string of the molecule is COC(=O)c1cc(C2CC2)c2c(C)c(-c3cnc(N)nc3)ccn2c1=O. The lowest BCUT2D eigenvalue weighted by molar-refractivity contribution is 0.0598. The zero-order chi connectivity index (χ0) is 18.4. The van der Waals surface area contributed by atoms with Gasteiger partial charge in [0.25, 0.3) is 5.56 Å². The van der Waals surface area contributed by atoms with Gasteiger partial charge in [0.2, 0.25) is 5.95 Å². The smallest absolute Gasteiger partial charge is 0.343 e. The van der Waals surface area contributed by atoms with E-state index in [9.17, 15) is 9.59 Å². The molecule has 0 atom stereocenters. The molecule has 0 saturated heterocycles. The van der Waals surface area contributed by atoms with Crippen molar-refractivity contribution in [2.24, 2.45) is 0 Å². The Hall–Kier alpha value is -3.22. The van der Waals surface area contributed by atoms with Crippen molar-refractivity contribution < 1.29 is 9.53 Å². The molecule has 4 rings (SSSR count). The molecule has 3 aromatic rings. The molecule has 7 nitrogen and oxygen atoms in total. The summed E-state index contributed by atoms with van der Waals surface area (Å²) in [5.41, 5.74) is 9.79. The third kappa shape index (κ3) is 2.52. The van der Waals surface area contributed by atoms with E-state index >= 15 is 0 Å². The van der Waals surface area contributed by atoms with Gasteiger partial charge in [-0.2, -0.15) is 0 Å². The summed E-state index contributed by atoms with van der Waals surface area (Å²) >= 11 is 0. The summed E-state index contributed by atoms with van der Waals surface area (Å²) in [6.45, 7) is 1.96.